The highest BCUT2D eigenvalue weighted by Gasteiger charge is 2.16. The van der Waals surface area contributed by atoms with Crippen LogP contribution in [0.2, 0.25) is 0 Å². The van der Waals surface area contributed by atoms with Crippen LogP contribution in [-0.4, -0.2) is 17.8 Å². The van der Waals surface area contributed by atoms with Crippen LogP contribution in [0.3, 0.4) is 0 Å². The zero-order chi connectivity index (χ0) is 11.8. The van der Waals surface area contributed by atoms with Gasteiger partial charge in [-0.3, -0.25) is 4.98 Å². The lowest BCUT2D eigenvalue weighted by Gasteiger charge is -2.18. The number of benzene rings is 1. The van der Waals surface area contributed by atoms with Crippen molar-refractivity contribution >= 4 is 28.4 Å². The van der Waals surface area contributed by atoms with Crippen molar-refractivity contribution in [3.05, 3.63) is 29.5 Å². The van der Waals surface area contributed by atoms with Gasteiger partial charge in [0.15, 0.2) is 0 Å². The van der Waals surface area contributed by atoms with E-state index in [4.69, 9.17) is 15.5 Å². The third-order valence-corrected chi connectivity index (χ3v) is 4.14. The van der Waals surface area contributed by atoms with E-state index in [1.54, 1.807) is 7.11 Å². The van der Waals surface area contributed by atoms with Gasteiger partial charge in [-0.2, -0.15) is 11.8 Å². The Hall–Kier alpha value is -1.42. The molecule has 2 N–H and O–H groups in total. The van der Waals surface area contributed by atoms with Crippen LogP contribution >= 0.6 is 11.8 Å². The highest BCUT2D eigenvalue weighted by Crippen LogP contribution is 2.34. The van der Waals surface area contributed by atoms with E-state index < -0.39 is 0 Å². The van der Waals surface area contributed by atoms with Crippen molar-refractivity contribution in [3.8, 4) is 5.75 Å². The van der Waals surface area contributed by atoms with E-state index in [2.05, 4.69) is 0 Å². The summed E-state index contributed by atoms with van der Waals surface area (Å²) in [5.41, 5.74) is 10.4. The van der Waals surface area contributed by atoms with Gasteiger partial charge in [-0.05, 0) is 24.3 Å². The molecule has 0 saturated carbocycles. The van der Waals surface area contributed by atoms with Crippen LogP contribution < -0.4 is 10.5 Å². The number of pyridine rings is 1. The number of rotatable bonds is 1. The van der Waals surface area contributed by atoms with Crippen molar-refractivity contribution in [2.75, 3.05) is 18.6 Å². The lowest BCUT2D eigenvalue weighted by molar-refractivity contribution is 0.415. The Bertz CT molecular complexity index is 583. The molecule has 3 rings (SSSR count). The number of nitrogen functional groups attached to an aromatic ring is 1. The molecule has 0 amide bonds. The van der Waals surface area contributed by atoms with Gasteiger partial charge in [-0.15, -0.1) is 0 Å². The first kappa shape index (κ1) is 10.7. The summed E-state index contributed by atoms with van der Waals surface area (Å²) in [6.45, 7) is 0. The highest BCUT2D eigenvalue weighted by atomic mass is 32.2. The molecule has 1 aromatic carbocycles. The maximum absolute atomic E-state index is 6.24. The summed E-state index contributed by atoms with van der Waals surface area (Å²) in [6, 6.07) is 5.88. The zero-order valence-electron chi connectivity index (χ0n) is 9.69. The highest BCUT2D eigenvalue weighted by molar-refractivity contribution is 7.98. The molecule has 0 aliphatic carbocycles. The van der Waals surface area contributed by atoms with Crippen LogP contribution in [0.5, 0.6) is 5.75 Å². The SMILES string of the molecule is COc1ccc2c(N)c3c(nc2c1)CCSC3. The van der Waals surface area contributed by atoms with Crippen molar-refractivity contribution in [2.24, 2.45) is 0 Å². The second-order valence-electron chi connectivity index (χ2n) is 4.14. The molecule has 17 heavy (non-hydrogen) atoms. The summed E-state index contributed by atoms with van der Waals surface area (Å²) >= 11 is 1.92. The number of thioether (sulfide) groups is 1. The maximum Gasteiger partial charge on any atom is 0.121 e. The van der Waals surface area contributed by atoms with Gasteiger partial charge in [-0.25, -0.2) is 0 Å². The van der Waals surface area contributed by atoms with Gasteiger partial charge < -0.3 is 10.5 Å². The van der Waals surface area contributed by atoms with Crippen molar-refractivity contribution in [1.82, 2.24) is 4.98 Å². The number of nitrogens with zero attached hydrogens (tertiary/aromatic N) is 1. The van der Waals surface area contributed by atoms with Crippen LogP contribution in [0.15, 0.2) is 18.2 Å². The largest absolute Gasteiger partial charge is 0.497 e. The van der Waals surface area contributed by atoms with Crippen molar-refractivity contribution in [2.45, 2.75) is 12.2 Å². The summed E-state index contributed by atoms with van der Waals surface area (Å²) in [7, 11) is 1.67. The lowest BCUT2D eigenvalue weighted by Crippen LogP contribution is -2.09. The van der Waals surface area contributed by atoms with E-state index in [1.165, 1.54) is 5.56 Å². The molecule has 88 valence electrons. The number of aryl methyl sites for hydroxylation is 1. The van der Waals surface area contributed by atoms with Crippen molar-refractivity contribution in [1.29, 1.82) is 0 Å². The molecule has 0 radical (unpaired) electrons. The van der Waals surface area contributed by atoms with Crippen LogP contribution in [0, 0.1) is 0 Å². The van der Waals surface area contributed by atoms with Gasteiger partial charge in [0.1, 0.15) is 5.75 Å². The molecule has 0 fully saturated rings. The monoisotopic (exact) mass is 246 g/mol. The van der Waals surface area contributed by atoms with Gasteiger partial charge in [-0.1, -0.05) is 0 Å². The van der Waals surface area contributed by atoms with Gasteiger partial charge in [0.05, 0.1) is 12.6 Å². The Morgan fingerprint density at radius 2 is 2.29 bits per heavy atom. The van der Waals surface area contributed by atoms with E-state index in [1.807, 2.05) is 30.0 Å². The molecule has 2 aromatic rings. The Kier molecular flexibility index (Phi) is 2.59. The number of fused-ring (bicyclic) bond motifs is 2. The van der Waals surface area contributed by atoms with Crippen LogP contribution in [0.4, 0.5) is 5.69 Å². The van der Waals surface area contributed by atoms with Crippen LogP contribution in [0.25, 0.3) is 10.9 Å². The molecular weight excluding hydrogens is 232 g/mol. The predicted octanol–water partition coefficient (Wildman–Crippen LogP) is 2.61. The molecule has 0 atom stereocenters. The second kappa shape index (κ2) is 4.11. The summed E-state index contributed by atoms with van der Waals surface area (Å²) < 4.78 is 5.22. The number of hydrogen-bond donors (Lipinski definition) is 1. The third kappa shape index (κ3) is 1.72. The summed E-state index contributed by atoms with van der Waals surface area (Å²) in [6.07, 6.45) is 1.01. The molecular formula is C13H14N2OS. The lowest BCUT2D eigenvalue weighted by atomic mass is 10.1. The first-order valence-corrected chi connectivity index (χ1v) is 6.78. The van der Waals surface area contributed by atoms with Crippen molar-refractivity contribution < 1.29 is 4.74 Å². The standard InChI is InChI=1S/C13H14N2OS/c1-16-8-2-3-9-12(6-8)15-11-4-5-17-7-10(11)13(9)14/h2-3,6H,4-5,7H2,1H3,(H2,14,15). The minimum absolute atomic E-state index is 0.828. The normalized spacial score (nSPS) is 14.6. The Morgan fingerprint density at radius 3 is 3.12 bits per heavy atom. The van der Waals surface area contributed by atoms with Crippen LogP contribution in [0.1, 0.15) is 11.3 Å². The Morgan fingerprint density at radius 1 is 1.41 bits per heavy atom. The van der Waals surface area contributed by atoms with E-state index in [0.717, 1.165) is 46.0 Å². The summed E-state index contributed by atoms with van der Waals surface area (Å²) in [5, 5.41) is 1.03. The average molecular weight is 246 g/mol. The van der Waals surface area contributed by atoms with E-state index in [-0.39, 0.29) is 0 Å². The minimum atomic E-state index is 0.828. The smallest absolute Gasteiger partial charge is 0.121 e. The zero-order valence-corrected chi connectivity index (χ0v) is 10.5. The van der Waals surface area contributed by atoms with Gasteiger partial charge in [0, 0.05) is 34.2 Å². The molecule has 0 unspecified atom stereocenters. The average Bonchev–Trinajstić information content (AvgIpc) is 2.38. The number of methoxy groups -OCH3 is 1. The number of aromatic nitrogens is 1. The maximum atomic E-state index is 6.24. The number of ether oxygens (including phenoxy) is 1. The Balaban J connectivity index is 2.28. The van der Waals surface area contributed by atoms with Gasteiger partial charge >= 0.3 is 0 Å². The van der Waals surface area contributed by atoms with E-state index in [9.17, 15) is 0 Å². The first-order chi connectivity index (χ1) is 8.29. The topological polar surface area (TPSA) is 48.1 Å². The molecule has 0 bridgehead atoms. The molecule has 0 spiro atoms. The molecule has 1 aliphatic heterocycles. The molecule has 2 heterocycles. The van der Waals surface area contributed by atoms with Gasteiger partial charge in [0.25, 0.3) is 0 Å². The molecule has 1 aliphatic rings. The number of anilines is 1. The molecule has 4 heteroatoms. The molecule has 3 nitrogen and oxygen atoms in total. The Labute approximate surface area is 104 Å². The minimum Gasteiger partial charge on any atom is -0.497 e. The van der Waals surface area contributed by atoms with Gasteiger partial charge in [0.2, 0.25) is 0 Å². The second-order valence-corrected chi connectivity index (χ2v) is 5.24. The number of hydrogen-bond acceptors (Lipinski definition) is 4. The quantitative estimate of drug-likeness (QED) is 0.840. The summed E-state index contributed by atoms with van der Waals surface area (Å²) in [4.78, 5) is 4.71. The fraction of sp³-hybridized carbons (Fsp3) is 0.308. The molecule has 0 saturated heterocycles. The van der Waals surface area contributed by atoms with Crippen LogP contribution in [-0.2, 0) is 12.2 Å². The first-order valence-electron chi connectivity index (χ1n) is 5.62. The summed E-state index contributed by atoms with van der Waals surface area (Å²) in [5.74, 6) is 2.94. The fourth-order valence-electron chi connectivity index (χ4n) is 2.20. The van der Waals surface area contributed by atoms with E-state index >= 15 is 0 Å². The predicted molar refractivity (Wildman–Crippen MR) is 72.6 cm³/mol. The fourth-order valence-corrected chi connectivity index (χ4v) is 3.21. The van der Waals surface area contributed by atoms with E-state index in [0.29, 0.717) is 0 Å². The molecule has 1 aromatic heterocycles. The third-order valence-electron chi connectivity index (χ3n) is 3.15. The van der Waals surface area contributed by atoms with Crippen molar-refractivity contribution in [3.63, 3.8) is 0 Å². The number of nitrogens with two attached hydrogens (primary N) is 1.